The first-order valence-corrected chi connectivity index (χ1v) is 15.7. The highest BCUT2D eigenvalue weighted by molar-refractivity contribution is 5.89. The summed E-state index contributed by atoms with van der Waals surface area (Å²) < 4.78 is 5.37. The Morgan fingerprint density at radius 1 is 0.841 bits per heavy atom. The molecule has 10 nitrogen and oxygen atoms in total. The maximum absolute atomic E-state index is 13.1. The van der Waals surface area contributed by atoms with Crippen molar-refractivity contribution in [3.05, 3.63) is 66.2 Å². The lowest BCUT2D eigenvalue weighted by molar-refractivity contribution is -0.139. The lowest BCUT2D eigenvalue weighted by Crippen LogP contribution is -2.53. The molecule has 2 aromatic rings. The van der Waals surface area contributed by atoms with Gasteiger partial charge >= 0.3 is 6.09 Å². The molecule has 1 aliphatic carbocycles. The fraction of sp³-hybridized carbons (Fsp3) is 0.529. The number of hydrogen-bond acceptors (Lipinski definition) is 6. The van der Waals surface area contributed by atoms with E-state index in [2.05, 4.69) is 31.6 Å². The van der Waals surface area contributed by atoms with E-state index in [9.17, 15) is 19.2 Å². The maximum atomic E-state index is 13.1. The summed E-state index contributed by atoms with van der Waals surface area (Å²) in [5.74, 6) is 0.272. The summed E-state index contributed by atoms with van der Waals surface area (Å²) in [6.45, 7) is 7.98. The molecule has 1 aliphatic heterocycles. The SMILES string of the molecule is CC(C)C.O=C(CC(CC1CCCC1)C(=O)NCC(=O)N1CCN(C(=O)Oc2ccccc2)CC1)NOCc1ccccc1. The molecule has 44 heavy (non-hydrogen) atoms. The van der Waals surface area contributed by atoms with Crippen molar-refractivity contribution in [1.82, 2.24) is 20.6 Å². The van der Waals surface area contributed by atoms with Crippen molar-refractivity contribution in [2.24, 2.45) is 17.8 Å². The Hall–Kier alpha value is -3.92. The van der Waals surface area contributed by atoms with Crippen LogP contribution in [0, 0.1) is 17.8 Å². The van der Waals surface area contributed by atoms with Gasteiger partial charge < -0.3 is 19.9 Å². The average molecular weight is 609 g/mol. The summed E-state index contributed by atoms with van der Waals surface area (Å²) in [5, 5.41) is 2.75. The Morgan fingerprint density at radius 2 is 1.41 bits per heavy atom. The zero-order valence-corrected chi connectivity index (χ0v) is 26.3. The third-order valence-electron chi connectivity index (χ3n) is 7.42. The molecule has 240 valence electrons. The number of hydroxylamine groups is 1. The third kappa shape index (κ3) is 12.8. The van der Waals surface area contributed by atoms with Gasteiger partial charge in [0.25, 0.3) is 0 Å². The lowest BCUT2D eigenvalue weighted by atomic mass is 9.90. The lowest BCUT2D eigenvalue weighted by Gasteiger charge is -2.34. The van der Waals surface area contributed by atoms with Gasteiger partial charge in [-0.1, -0.05) is 95.0 Å². The van der Waals surface area contributed by atoms with E-state index >= 15 is 0 Å². The average Bonchev–Trinajstić information content (AvgIpc) is 3.53. The van der Waals surface area contributed by atoms with E-state index in [1.54, 1.807) is 34.1 Å². The molecule has 2 fully saturated rings. The Kier molecular flexibility index (Phi) is 14.7. The Balaban J connectivity index is 0.00000124. The smallest absolute Gasteiger partial charge is 0.410 e. The van der Waals surface area contributed by atoms with Crippen molar-refractivity contribution in [2.75, 3.05) is 32.7 Å². The summed E-state index contributed by atoms with van der Waals surface area (Å²) in [5.41, 5.74) is 3.38. The molecule has 1 saturated heterocycles. The molecule has 10 heteroatoms. The summed E-state index contributed by atoms with van der Waals surface area (Å²) in [4.78, 5) is 59.4. The zero-order valence-electron chi connectivity index (χ0n) is 26.3. The molecule has 0 spiro atoms. The van der Waals surface area contributed by atoms with Crippen molar-refractivity contribution < 1.29 is 28.8 Å². The van der Waals surface area contributed by atoms with Crippen LogP contribution in [0.25, 0.3) is 0 Å². The number of carbonyl (C=O) groups is 4. The first-order valence-electron chi connectivity index (χ1n) is 15.7. The second-order valence-corrected chi connectivity index (χ2v) is 12.1. The highest BCUT2D eigenvalue weighted by Gasteiger charge is 2.29. The number of para-hydroxylation sites is 1. The number of ether oxygens (including phenoxy) is 1. The summed E-state index contributed by atoms with van der Waals surface area (Å²) >= 11 is 0. The number of piperazine rings is 1. The van der Waals surface area contributed by atoms with Crippen LogP contribution < -0.4 is 15.5 Å². The van der Waals surface area contributed by atoms with Gasteiger partial charge in [-0.3, -0.25) is 19.2 Å². The van der Waals surface area contributed by atoms with Crippen LogP contribution in [0.3, 0.4) is 0 Å². The number of rotatable bonds is 11. The van der Waals surface area contributed by atoms with Gasteiger partial charge in [0.1, 0.15) is 5.75 Å². The van der Waals surface area contributed by atoms with Crippen molar-refractivity contribution in [3.63, 3.8) is 0 Å². The molecular formula is C34H48N4O6. The van der Waals surface area contributed by atoms with Crippen LogP contribution in [0.2, 0.25) is 0 Å². The Morgan fingerprint density at radius 3 is 2.02 bits per heavy atom. The topological polar surface area (TPSA) is 117 Å². The number of amides is 4. The summed E-state index contributed by atoms with van der Waals surface area (Å²) in [6.07, 6.45) is 4.51. The number of nitrogens with zero attached hydrogens (tertiary/aromatic N) is 2. The molecule has 1 unspecified atom stereocenters. The van der Waals surface area contributed by atoms with E-state index in [1.807, 2.05) is 36.4 Å². The molecule has 1 saturated carbocycles. The Bertz CT molecular complexity index is 1160. The van der Waals surface area contributed by atoms with Crippen molar-refractivity contribution in [2.45, 2.75) is 65.9 Å². The third-order valence-corrected chi connectivity index (χ3v) is 7.42. The first-order chi connectivity index (χ1) is 21.2. The first kappa shape index (κ1) is 34.6. The molecule has 1 atom stereocenters. The number of hydrogen-bond donors (Lipinski definition) is 2. The maximum Gasteiger partial charge on any atom is 0.415 e. The minimum Gasteiger partial charge on any atom is -0.410 e. The molecule has 0 radical (unpaired) electrons. The van der Waals surface area contributed by atoms with E-state index in [-0.39, 0.29) is 37.3 Å². The molecule has 2 aliphatic rings. The van der Waals surface area contributed by atoms with E-state index in [0.29, 0.717) is 44.3 Å². The predicted molar refractivity (Wildman–Crippen MR) is 168 cm³/mol. The molecule has 4 amide bonds. The number of carbonyl (C=O) groups excluding carboxylic acids is 4. The van der Waals surface area contributed by atoms with Gasteiger partial charge in [0.15, 0.2) is 0 Å². The molecule has 1 heterocycles. The van der Waals surface area contributed by atoms with E-state index in [0.717, 1.165) is 37.2 Å². The van der Waals surface area contributed by atoms with Crippen LogP contribution in [-0.2, 0) is 25.8 Å². The molecule has 0 aromatic heterocycles. The van der Waals surface area contributed by atoms with Gasteiger partial charge in [-0.2, -0.15) is 0 Å². The molecular weight excluding hydrogens is 560 g/mol. The van der Waals surface area contributed by atoms with E-state index in [1.165, 1.54) is 0 Å². The van der Waals surface area contributed by atoms with Crippen LogP contribution in [-0.4, -0.2) is 66.3 Å². The van der Waals surface area contributed by atoms with E-state index < -0.39 is 12.0 Å². The van der Waals surface area contributed by atoms with Gasteiger partial charge in [-0.15, -0.1) is 0 Å². The zero-order chi connectivity index (χ0) is 31.7. The highest BCUT2D eigenvalue weighted by Crippen LogP contribution is 2.31. The van der Waals surface area contributed by atoms with Gasteiger partial charge in [0, 0.05) is 38.5 Å². The molecule has 4 rings (SSSR count). The second-order valence-electron chi connectivity index (χ2n) is 12.1. The second kappa shape index (κ2) is 18.7. The van der Waals surface area contributed by atoms with Crippen LogP contribution in [0.15, 0.2) is 60.7 Å². The van der Waals surface area contributed by atoms with Crippen molar-refractivity contribution >= 4 is 23.8 Å². The standard InChI is InChI=1S/C30H38N4O6.C4H10/c35-27(32-39-22-24-11-3-1-4-12-24)20-25(19-23-9-7-8-10-23)29(37)31-21-28(36)33-15-17-34(18-16-33)30(38)40-26-13-5-2-6-14-26;1-4(2)3/h1-6,11-14,23,25H,7-10,15-22H2,(H,31,37)(H,32,35);4H,1-3H3. The molecule has 2 aromatic carbocycles. The normalized spacial score (nSPS) is 15.6. The van der Waals surface area contributed by atoms with Crippen molar-refractivity contribution in [3.8, 4) is 5.75 Å². The largest absolute Gasteiger partial charge is 0.415 e. The molecule has 0 bridgehead atoms. The summed E-state index contributed by atoms with van der Waals surface area (Å²) in [6, 6.07) is 18.3. The van der Waals surface area contributed by atoms with Crippen LogP contribution >= 0.6 is 0 Å². The summed E-state index contributed by atoms with van der Waals surface area (Å²) in [7, 11) is 0. The minimum absolute atomic E-state index is 0.00643. The van der Waals surface area contributed by atoms with Crippen LogP contribution in [0.1, 0.15) is 64.9 Å². The van der Waals surface area contributed by atoms with Crippen molar-refractivity contribution in [1.29, 1.82) is 0 Å². The minimum atomic E-state index is -0.541. The monoisotopic (exact) mass is 608 g/mol. The van der Waals surface area contributed by atoms with Gasteiger partial charge in [-0.05, 0) is 36.0 Å². The van der Waals surface area contributed by atoms with Crippen LogP contribution in [0.4, 0.5) is 4.79 Å². The number of benzene rings is 2. The molecule has 2 N–H and O–H groups in total. The van der Waals surface area contributed by atoms with Gasteiger partial charge in [-0.25, -0.2) is 10.3 Å². The van der Waals surface area contributed by atoms with Crippen LogP contribution in [0.5, 0.6) is 5.75 Å². The van der Waals surface area contributed by atoms with Gasteiger partial charge in [0.2, 0.25) is 17.7 Å². The van der Waals surface area contributed by atoms with Gasteiger partial charge in [0.05, 0.1) is 13.2 Å². The fourth-order valence-corrected chi connectivity index (χ4v) is 5.18. The number of nitrogens with one attached hydrogen (secondary N) is 2. The fourth-order valence-electron chi connectivity index (χ4n) is 5.18. The van der Waals surface area contributed by atoms with E-state index in [4.69, 9.17) is 9.57 Å². The predicted octanol–water partition coefficient (Wildman–Crippen LogP) is 4.94. The quantitative estimate of drug-likeness (QED) is 0.349. The highest BCUT2D eigenvalue weighted by atomic mass is 16.6. The Labute approximate surface area is 261 Å².